The summed E-state index contributed by atoms with van der Waals surface area (Å²) in [6.45, 7) is 0. The minimum atomic E-state index is -0.138. The second-order valence-electron chi connectivity index (χ2n) is 6.79. The molecule has 1 atom stereocenters. The van der Waals surface area contributed by atoms with Gasteiger partial charge in [-0.3, -0.25) is 9.78 Å². The number of benzene rings is 2. The molecule has 29 heavy (non-hydrogen) atoms. The molecule has 1 aliphatic rings. The van der Waals surface area contributed by atoms with Crippen LogP contribution in [0.1, 0.15) is 23.5 Å². The molecular formula is C21H16ClN5O2. The summed E-state index contributed by atoms with van der Waals surface area (Å²) in [5.41, 5.74) is 4.86. The van der Waals surface area contributed by atoms with Crippen LogP contribution in [0.25, 0.3) is 16.7 Å². The predicted octanol–water partition coefficient (Wildman–Crippen LogP) is 3.95. The highest BCUT2D eigenvalue weighted by atomic mass is 35.5. The van der Waals surface area contributed by atoms with Crippen molar-refractivity contribution < 1.29 is 9.53 Å². The number of methoxy groups -OCH3 is 1. The summed E-state index contributed by atoms with van der Waals surface area (Å²) in [6, 6.07) is 13.0. The summed E-state index contributed by atoms with van der Waals surface area (Å²) in [6.07, 6.45) is 3.84. The third-order valence-electron chi connectivity index (χ3n) is 5.06. The van der Waals surface area contributed by atoms with E-state index in [0.717, 1.165) is 33.5 Å². The molecule has 5 rings (SSSR count). The molecule has 2 aromatic carbocycles. The molecule has 0 saturated carbocycles. The topological polar surface area (TPSA) is 81.9 Å². The van der Waals surface area contributed by atoms with Crippen LogP contribution < -0.4 is 10.1 Å². The number of anilines is 1. The van der Waals surface area contributed by atoms with Crippen molar-refractivity contribution in [2.45, 2.75) is 12.3 Å². The second kappa shape index (κ2) is 6.86. The Balaban J connectivity index is 1.68. The largest absolute Gasteiger partial charge is 0.495 e. The highest BCUT2D eigenvalue weighted by Crippen LogP contribution is 2.40. The zero-order valence-corrected chi connectivity index (χ0v) is 16.2. The fraction of sp³-hybridized carbons (Fsp3) is 0.143. The van der Waals surface area contributed by atoms with Gasteiger partial charge < -0.3 is 10.1 Å². The smallest absolute Gasteiger partial charge is 0.225 e. The molecule has 1 amide bonds. The standard InChI is InChI=1S/C21H16ClN5O2/c1-29-18-7-4-13(9-15(18)22)27-25-17-6-5-16-20(21(17)26-27)14(10-19(28)24-16)12-3-2-8-23-11-12/h2-9,11,14H,10H2,1H3,(H,24,28). The molecule has 0 fully saturated rings. The van der Waals surface area contributed by atoms with E-state index in [9.17, 15) is 4.79 Å². The van der Waals surface area contributed by atoms with Gasteiger partial charge in [-0.15, -0.1) is 10.2 Å². The van der Waals surface area contributed by atoms with Gasteiger partial charge in [0.25, 0.3) is 0 Å². The van der Waals surface area contributed by atoms with Crippen LogP contribution in [-0.2, 0) is 4.79 Å². The summed E-state index contributed by atoms with van der Waals surface area (Å²) >= 11 is 6.26. The average Bonchev–Trinajstić information content (AvgIpc) is 3.18. The molecule has 0 spiro atoms. The van der Waals surface area contributed by atoms with Gasteiger partial charge in [-0.1, -0.05) is 17.7 Å². The molecule has 8 heteroatoms. The lowest BCUT2D eigenvalue weighted by Gasteiger charge is -2.25. The first-order valence-electron chi connectivity index (χ1n) is 9.07. The van der Waals surface area contributed by atoms with Crippen molar-refractivity contribution in [2.75, 3.05) is 12.4 Å². The van der Waals surface area contributed by atoms with Gasteiger partial charge in [-0.05, 0) is 42.0 Å². The Morgan fingerprint density at radius 1 is 1.21 bits per heavy atom. The zero-order chi connectivity index (χ0) is 20.0. The van der Waals surface area contributed by atoms with Crippen molar-refractivity contribution in [3.8, 4) is 11.4 Å². The van der Waals surface area contributed by atoms with Crippen LogP contribution >= 0.6 is 11.6 Å². The van der Waals surface area contributed by atoms with Crippen molar-refractivity contribution in [2.24, 2.45) is 0 Å². The first kappa shape index (κ1) is 17.6. The van der Waals surface area contributed by atoms with E-state index in [1.165, 1.54) is 0 Å². The van der Waals surface area contributed by atoms with Gasteiger partial charge in [-0.2, -0.15) is 4.80 Å². The van der Waals surface area contributed by atoms with Crippen LogP contribution in [0.4, 0.5) is 5.69 Å². The maximum absolute atomic E-state index is 12.3. The van der Waals surface area contributed by atoms with E-state index in [-0.39, 0.29) is 11.8 Å². The van der Waals surface area contributed by atoms with E-state index in [1.54, 1.807) is 36.4 Å². The number of carbonyl (C=O) groups excluding carboxylic acids is 1. The van der Waals surface area contributed by atoms with E-state index in [1.807, 2.05) is 30.3 Å². The lowest BCUT2D eigenvalue weighted by atomic mass is 9.85. The molecule has 1 unspecified atom stereocenters. The Labute approximate surface area is 171 Å². The first-order valence-corrected chi connectivity index (χ1v) is 9.45. The minimum absolute atomic E-state index is 0.0277. The fourth-order valence-corrected chi connectivity index (χ4v) is 3.97. The molecule has 7 nitrogen and oxygen atoms in total. The number of rotatable bonds is 3. The van der Waals surface area contributed by atoms with Crippen LogP contribution in [0, 0.1) is 0 Å². The summed E-state index contributed by atoms with van der Waals surface area (Å²) in [4.78, 5) is 18.0. The molecule has 0 bridgehead atoms. The third-order valence-corrected chi connectivity index (χ3v) is 5.35. The van der Waals surface area contributed by atoms with Gasteiger partial charge in [0.15, 0.2) is 0 Å². The van der Waals surface area contributed by atoms with Crippen LogP contribution in [0.2, 0.25) is 5.02 Å². The number of carbonyl (C=O) groups is 1. The molecule has 2 aromatic heterocycles. The molecule has 4 aromatic rings. The van der Waals surface area contributed by atoms with Crippen molar-refractivity contribution in [1.29, 1.82) is 0 Å². The lowest BCUT2D eigenvalue weighted by molar-refractivity contribution is -0.116. The van der Waals surface area contributed by atoms with E-state index < -0.39 is 0 Å². The molecule has 0 radical (unpaired) electrons. The molecule has 3 heterocycles. The number of hydrogen-bond acceptors (Lipinski definition) is 5. The number of ether oxygens (including phenoxy) is 1. The number of fused-ring (bicyclic) bond motifs is 3. The fourth-order valence-electron chi connectivity index (χ4n) is 3.71. The molecule has 1 aliphatic heterocycles. The van der Waals surface area contributed by atoms with Crippen molar-refractivity contribution in [1.82, 2.24) is 20.0 Å². The predicted molar refractivity (Wildman–Crippen MR) is 110 cm³/mol. The summed E-state index contributed by atoms with van der Waals surface area (Å²) in [7, 11) is 1.57. The van der Waals surface area contributed by atoms with Crippen LogP contribution in [0.15, 0.2) is 54.9 Å². The Morgan fingerprint density at radius 3 is 2.86 bits per heavy atom. The number of pyridine rings is 1. The van der Waals surface area contributed by atoms with Gasteiger partial charge in [0.1, 0.15) is 16.8 Å². The van der Waals surface area contributed by atoms with E-state index >= 15 is 0 Å². The van der Waals surface area contributed by atoms with Gasteiger partial charge in [0, 0.05) is 36.0 Å². The number of nitrogens with zero attached hydrogens (tertiary/aromatic N) is 4. The van der Waals surface area contributed by atoms with E-state index in [0.29, 0.717) is 17.2 Å². The number of amides is 1. The van der Waals surface area contributed by atoms with Crippen molar-refractivity contribution in [3.05, 3.63) is 71.0 Å². The minimum Gasteiger partial charge on any atom is -0.495 e. The molecule has 1 N–H and O–H groups in total. The second-order valence-corrected chi connectivity index (χ2v) is 7.20. The number of hydrogen-bond donors (Lipinski definition) is 1. The first-order chi connectivity index (χ1) is 14.1. The molecule has 144 valence electrons. The van der Waals surface area contributed by atoms with E-state index in [4.69, 9.17) is 21.4 Å². The Kier molecular flexibility index (Phi) is 4.17. The number of aromatic nitrogens is 4. The maximum Gasteiger partial charge on any atom is 0.225 e. The lowest BCUT2D eigenvalue weighted by Crippen LogP contribution is -2.23. The number of halogens is 1. The van der Waals surface area contributed by atoms with Crippen LogP contribution in [0.3, 0.4) is 0 Å². The molecule has 0 saturated heterocycles. The average molecular weight is 406 g/mol. The Hall–Kier alpha value is -3.45. The molecular weight excluding hydrogens is 390 g/mol. The summed E-state index contributed by atoms with van der Waals surface area (Å²) in [5, 5.41) is 12.8. The highest BCUT2D eigenvalue weighted by molar-refractivity contribution is 6.32. The van der Waals surface area contributed by atoms with Crippen molar-refractivity contribution >= 4 is 34.2 Å². The van der Waals surface area contributed by atoms with E-state index in [2.05, 4.69) is 15.4 Å². The van der Waals surface area contributed by atoms with Crippen molar-refractivity contribution in [3.63, 3.8) is 0 Å². The normalized spacial score (nSPS) is 15.8. The van der Waals surface area contributed by atoms with Gasteiger partial charge >= 0.3 is 0 Å². The third kappa shape index (κ3) is 3.00. The van der Waals surface area contributed by atoms with Crippen LogP contribution in [-0.4, -0.2) is 33.0 Å². The quantitative estimate of drug-likeness (QED) is 0.558. The Bertz CT molecular complexity index is 1240. The summed E-state index contributed by atoms with van der Waals surface area (Å²) in [5.74, 6) is 0.421. The summed E-state index contributed by atoms with van der Waals surface area (Å²) < 4.78 is 5.21. The van der Waals surface area contributed by atoms with Gasteiger partial charge in [-0.25, -0.2) is 0 Å². The van der Waals surface area contributed by atoms with Crippen LogP contribution in [0.5, 0.6) is 5.75 Å². The Morgan fingerprint density at radius 2 is 2.10 bits per heavy atom. The van der Waals surface area contributed by atoms with Gasteiger partial charge in [0.05, 0.1) is 17.8 Å². The SMILES string of the molecule is COc1ccc(-n2nc3ccc4c(c3n2)C(c2cccnc2)CC(=O)N4)cc1Cl. The number of nitrogens with one attached hydrogen (secondary N) is 1. The molecule has 0 aliphatic carbocycles. The zero-order valence-electron chi connectivity index (χ0n) is 15.5. The maximum atomic E-state index is 12.3. The monoisotopic (exact) mass is 405 g/mol. The highest BCUT2D eigenvalue weighted by Gasteiger charge is 2.30. The van der Waals surface area contributed by atoms with Gasteiger partial charge in [0.2, 0.25) is 5.91 Å².